The van der Waals surface area contributed by atoms with E-state index in [1.165, 1.54) is 23.1 Å². The molecule has 0 bridgehead atoms. The number of carbonyl (C=O) groups is 2. The minimum Gasteiger partial charge on any atom is -0.368 e. The number of aromatic nitrogens is 2. The van der Waals surface area contributed by atoms with E-state index in [4.69, 9.17) is 5.73 Å². The molecular weight excluding hydrogens is 344 g/mol. The molecule has 1 saturated carbocycles. The third-order valence-corrected chi connectivity index (χ3v) is 5.94. The summed E-state index contributed by atoms with van der Waals surface area (Å²) in [5, 5.41) is 8.37. The Bertz CT molecular complexity index is 731. The van der Waals surface area contributed by atoms with Crippen LogP contribution in [0.1, 0.15) is 37.0 Å². The highest BCUT2D eigenvalue weighted by Crippen LogP contribution is 2.40. The lowest BCUT2D eigenvalue weighted by Gasteiger charge is -2.17. The molecule has 1 aliphatic carbocycles. The molecule has 8 heteroatoms. The van der Waals surface area contributed by atoms with Gasteiger partial charge in [-0.25, -0.2) is 0 Å². The fraction of sp³-hybridized carbons (Fsp3) is 0.375. The van der Waals surface area contributed by atoms with Gasteiger partial charge in [0.15, 0.2) is 4.34 Å². The Hall–Kier alpha value is -1.93. The van der Waals surface area contributed by atoms with Crippen molar-refractivity contribution >= 4 is 40.0 Å². The topological polar surface area (TPSA) is 89.2 Å². The summed E-state index contributed by atoms with van der Waals surface area (Å²) in [6.07, 6.45) is 2.44. The molecule has 1 heterocycles. The predicted molar refractivity (Wildman–Crippen MR) is 94.9 cm³/mol. The van der Waals surface area contributed by atoms with Gasteiger partial charge in [0.25, 0.3) is 0 Å². The molecule has 24 heavy (non-hydrogen) atoms. The van der Waals surface area contributed by atoms with E-state index in [0.29, 0.717) is 15.9 Å². The molecule has 1 aliphatic rings. The van der Waals surface area contributed by atoms with Crippen LogP contribution >= 0.6 is 23.1 Å². The molecule has 0 radical (unpaired) electrons. The van der Waals surface area contributed by atoms with Crippen molar-refractivity contribution < 1.29 is 9.59 Å². The first-order valence-corrected chi connectivity index (χ1v) is 9.46. The summed E-state index contributed by atoms with van der Waals surface area (Å²) in [4.78, 5) is 25.7. The maximum atomic E-state index is 12.1. The Balaban J connectivity index is 1.79. The second-order valence-electron chi connectivity index (χ2n) is 5.51. The molecule has 0 spiro atoms. The van der Waals surface area contributed by atoms with Crippen LogP contribution in [-0.2, 0) is 9.59 Å². The summed E-state index contributed by atoms with van der Waals surface area (Å²) >= 11 is 2.60. The standard InChI is InChI=1S/C16H18N4O2S2/c1-2-12(21)20(11-8-9-11)15-18-19-16(24-15)23-13(14(17)22)10-6-4-3-5-7-10/h3-7,11,13H,2,8-9H2,1H3,(H2,17,22). The number of primary amides is 1. The average molecular weight is 362 g/mol. The highest BCUT2D eigenvalue weighted by atomic mass is 32.2. The fourth-order valence-corrected chi connectivity index (χ4v) is 4.41. The Labute approximate surface area is 148 Å². The van der Waals surface area contributed by atoms with Crippen LogP contribution in [0.4, 0.5) is 5.13 Å². The molecule has 2 aromatic rings. The van der Waals surface area contributed by atoms with Gasteiger partial charge in [-0.1, -0.05) is 60.4 Å². The van der Waals surface area contributed by atoms with Crippen molar-refractivity contribution in [2.75, 3.05) is 4.90 Å². The Morgan fingerprint density at radius 2 is 2.04 bits per heavy atom. The molecule has 1 aromatic carbocycles. The highest BCUT2D eigenvalue weighted by Gasteiger charge is 2.35. The fourth-order valence-electron chi connectivity index (χ4n) is 2.34. The minimum absolute atomic E-state index is 0.0553. The van der Waals surface area contributed by atoms with Crippen molar-refractivity contribution in [3.8, 4) is 0 Å². The number of benzene rings is 1. The van der Waals surface area contributed by atoms with Crippen LogP contribution in [0.5, 0.6) is 0 Å². The van der Waals surface area contributed by atoms with Crippen LogP contribution < -0.4 is 10.6 Å². The second-order valence-corrected chi connectivity index (χ2v) is 7.82. The Kier molecular flexibility index (Phi) is 5.15. The maximum absolute atomic E-state index is 12.1. The van der Waals surface area contributed by atoms with Gasteiger partial charge >= 0.3 is 0 Å². The molecule has 6 nitrogen and oxygen atoms in total. The molecule has 126 valence electrons. The SMILES string of the molecule is CCC(=O)N(c1nnc(SC(C(N)=O)c2ccccc2)s1)C1CC1. The van der Waals surface area contributed by atoms with Gasteiger partial charge in [0, 0.05) is 12.5 Å². The smallest absolute Gasteiger partial charge is 0.235 e. The first kappa shape index (κ1) is 16.9. The molecular formula is C16H18N4O2S2. The first-order chi connectivity index (χ1) is 11.6. The van der Waals surface area contributed by atoms with Gasteiger partial charge in [0.1, 0.15) is 5.25 Å². The van der Waals surface area contributed by atoms with Gasteiger partial charge in [-0.05, 0) is 18.4 Å². The molecule has 1 unspecified atom stereocenters. The van der Waals surface area contributed by atoms with Gasteiger partial charge < -0.3 is 5.73 Å². The molecule has 0 saturated heterocycles. The van der Waals surface area contributed by atoms with Crippen molar-refractivity contribution in [3.05, 3.63) is 35.9 Å². The quantitative estimate of drug-likeness (QED) is 0.604. The Morgan fingerprint density at radius 1 is 1.33 bits per heavy atom. The number of rotatable bonds is 7. The van der Waals surface area contributed by atoms with Gasteiger partial charge in [0.05, 0.1) is 0 Å². The molecule has 2 N–H and O–H groups in total. The van der Waals surface area contributed by atoms with Crippen LogP contribution in [0.3, 0.4) is 0 Å². The molecule has 1 fully saturated rings. The van der Waals surface area contributed by atoms with Crippen LogP contribution in [0.15, 0.2) is 34.7 Å². The van der Waals surface area contributed by atoms with Gasteiger partial charge in [-0.3, -0.25) is 14.5 Å². The van der Waals surface area contributed by atoms with E-state index in [1.54, 1.807) is 4.90 Å². The van der Waals surface area contributed by atoms with Crippen LogP contribution in [0.25, 0.3) is 0 Å². The minimum atomic E-state index is -0.525. The van der Waals surface area contributed by atoms with Crippen molar-refractivity contribution in [2.24, 2.45) is 5.73 Å². The van der Waals surface area contributed by atoms with E-state index in [0.717, 1.165) is 18.4 Å². The first-order valence-electron chi connectivity index (χ1n) is 7.76. The van der Waals surface area contributed by atoms with Gasteiger partial charge in [-0.15, -0.1) is 10.2 Å². The lowest BCUT2D eigenvalue weighted by molar-refractivity contribution is -0.118. The van der Waals surface area contributed by atoms with E-state index in [9.17, 15) is 9.59 Å². The number of hydrogen-bond acceptors (Lipinski definition) is 6. The summed E-state index contributed by atoms with van der Waals surface area (Å²) < 4.78 is 0.632. The summed E-state index contributed by atoms with van der Waals surface area (Å²) in [5.41, 5.74) is 6.37. The molecule has 3 rings (SSSR count). The van der Waals surface area contributed by atoms with Gasteiger partial charge in [-0.2, -0.15) is 0 Å². The number of carbonyl (C=O) groups excluding carboxylic acids is 2. The highest BCUT2D eigenvalue weighted by molar-refractivity contribution is 8.01. The summed E-state index contributed by atoms with van der Waals surface area (Å²) in [6.45, 7) is 1.84. The van der Waals surface area contributed by atoms with Crippen LogP contribution in [-0.4, -0.2) is 28.1 Å². The van der Waals surface area contributed by atoms with Crippen molar-refractivity contribution in [3.63, 3.8) is 0 Å². The third kappa shape index (κ3) is 3.76. The number of nitrogens with two attached hydrogens (primary N) is 1. The summed E-state index contributed by atoms with van der Waals surface area (Å²) in [6, 6.07) is 9.59. The van der Waals surface area contributed by atoms with E-state index in [2.05, 4.69) is 10.2 Å². The number of nitrogens with zero attached hydrogens (tertiary/aromatic N) is 3. The zero-order chi connectivity index (χ0) is 17.1. The van der Waals surface area contributed by atoms with Gasteiger partial charge in [0.2, 0.25) is 16.9 Å². The Morgan fingerprint density at radius 3 is 2.62 bits per heavy atom. The molecule has 2 amide bonds. The van der Waals surface area contributed by atoms with E-state index >= 15 is 0 Å². The van der Waals surface area contributed by atoms with Crippen molar-refractivity contribution in [1.82, 2.24) is 10.2 Å². The van der Waals surface area contributed by atoms with Crippen LogP contribution in [0.2, 0.25) is 0 Å². The van der Waals surface area contributed by atoms with Crippen molar-refractivity contribution in [2.45, 2.75) is 41.8 Å². The normalized spacial score (nSPS) is 15.0. The lowest BCUT2D eigenvalue weighted by atomic mass is 10.1. The maximum Gasteiger partial charge on any atom is 0.235 e. The number of amides is 2. The second kappa shape index (κ2) is 7.31. The van der Waals surface area contributed by atoms with E-state index in [1.807, 2.05) is 37.3 Å². The van der Waals surface area contributed by atoms with Crippen molar-refractivity contribution in [1.29, 1.82) is 0 Å². The third-order valence-electron chi connectivity index (χ3n) is 3.66. The number of anilines is 1. The van der Waals surface area contributed by atoms with Crippen LogP contribution in [0, 0.1) is 0 Å². The molecule has 1 aromatic heterocycles. The average Bonchev–Trinajstić information content (AvgIpc) is 3.31. The molecule has 1 atom stereocenters. The number of thioether (sulfide) groups is 1. The van der Waals surface area contributed by atoms with E-state index in [-0.39, 0.29) is 11.9 Å². The zero-order valence-corrected chi connectivity index (χ0v) is 14.8. The summed E-state index contributed by atoms with van der Waals surface area (Å²) in [5.74, 6) is -0.369. The summed E-state index contributed by atoms with van der Waals surface area (Å²) in [7, 11) is 0. The monoisotopic (exact) mass is 362 g/mol. The molecule has 0 aliphatic heterocycles. The lowest BCUT2D eigenvalue weighted by Crippen LogP contribution is -2.32. The predicted octanol–water partition coefficient (Wildman–Crippen LogP) is 2.76. The van der Waals surface area contributed by atoms with E-state index < -0.39 is 11.2 Å². The number of hydrogen-bond donors (Lipinski definition) is 1. The zero-order valence-electron chi connectivity index (χ0n) is 13.2. The largest absolute Gasteiger partial charge is 0.368 e.